The molecular weight excluding hydrogens is 440 g/mol. The molecule has 2 aromatic rings. The SMILES string of the molecule is Cc1nn(C(F)F)cc1S(=O)(=O)N1c2cc(NC(=O)O)ccc2O[C@@H](CN=[N+]=[N-])[C@H]1C. The molecule has 31 heavy (non-hydrogen) atoms. The number of nitrogens with zero attached hydrogens (tertiary/aromatic N) is 6. The van der Waals surface area contributed by atoms with Crippen LogP contribution in [0.1, 0.15) is 19.2 Å². The Kier molecular flexibility index (Phi) is 5.90. The molecule has 2 N–H and O–H groups in total. The van der Waals surface area contributed by atoms with E-state index < -0.39 is 39.7 Å². The first-order chi connectivity index (χ1) is 14.6. The van der Waals surface area contributed by atoms with Crippen LogP contribution in [0.5, 0.6) is 5.75 Å². The molecule has 0 unspecified atom stereocenters. The van der Waals surface area contributed by atoms with Gasteiger partial charge in [-0.15, -0.1) is 0 Å². The number of anilines is 2. The highest BCUT2D eigenvalue weighted by molar-refractivity contribution is 7.93. The van der Waals surface area contributed by atoms with Crippen molar-refractivity contribution in [1.29, 1.82) is 0 Å². The van der Waals surface area contributed by atoms with Crippen LogP contribution in [0.4, 0.5) is 25.0 Å². The maximum absolute atomic E-state index is 13.5. The third kappa shape index (κ3) is 4.18. The molecule has 0 radical (unpaired) electrons. The Hall–Kier alpha value is -3.58. The molecule has 12 nitrogen and oxygen atoms in total. The van der Waals surface area contributed by atoms with Gasteiger partial charge in [0.15, 0.2) is 0 Å². The van der Waals surface area contributed by atoms with Gasteiger partial charge in [-0.1, -0.05) is 5.11 Å². The minimum atomic E-state index is -4.44. The maximum Gasteiger partial charge on any atom is 0.409 e. The number of aromatic nitrogens is 2. The second-order valence-electron chi connectivity index (χ2n) is 6.56. The number of amides is 1. The highest BCUT2D eigenvalue weighted by Crippen LogP contribution is 2.42. The van der Waals surface area contributed by atoms with Crippen LogP contribution in [-0.2, 0) is 10.0 Å². The number of rotatable bonds is 6. The van der Waals surface area contributed by atoms with Crippen molar-refractivity contribution in [3.63, 3.8) is 0 Å². The maximum atomic E-state index is 13.5. The number of carboxylic acid groups (broad SMARTS) is 1. The summed E-state index contributed by atoms with van der Waals surface area (Å²) in [4.78, 5) is 13.2. The first-order valence-electron chi connectivity index (χ1n) is 8.76. The lowest BCUT2D eigenvalue weighted by atomic mass is 10.1. The van der Waals surface area contributed by atoms with Crippen LogP contribution in [0.15, 0.2) is 34.4 Å². The smallest absolute Gasteiger partial charge is 0.409 e. The van der Waals surface area contributed by atoms with Gasteiger partial charge in [0.25, 0.3) is 10.0 Å². The molecule has 1 aromatic heterocycles. The second kappa shape index (κ2) is 8.28. The molecule has 0 spiro atoms. The van der Waals surface area contributed by atoms with E-state index in [0.717, 1.165) is 10.5 Å². The number of carbonyl (C=O) groups is 1. The van der Waals surface area contributed by atoms with Crippen LogP contribution in [0.2, 0.25) is 0 Å². The van der Waals surface area contributed by atoms with E-state index in [9.17, 15) is 22.0 Å². The molecule has 0 fully saturated rings. The highest BCUT2D eigenvalue weighted by atomic mass is 32.2. The lowest BCUT2D eigenvalue weighted by molar-refractivity contribution is 0.0561. The summed E-state index contributed by atoms with van der Waals surface area (Å²) in [5.74, 6) is 0.0784. The van der Waals surface area contributed by atoms with Gasteiger partial charge in [-0.3, -0.25) is 9.62 Å². The van der Waals surface area contributed by atoms with Crippen molar-refractivity contribution in [3.05, 3.63) is 40.5 Å². The first-order valence-corrected chi connectivity index (χ1v) is 10.2. The van der Waals surface area contributed by atoms with Crippen molar-refractivity contribution in [2.45, 2.75) is 37.4 Å². The third-order valence-corrected chi connectivity index (χ3v) is 6.57. The Labute approximate surface area is 174 Å². The molecule has 0 aliphatic carbocycles. The van der Waals surface area contributed by atoms with E-state index in [1.54, 1.807) is 0 Å². The second-order valence-corrected chi connectivity index (χ2v) is 8.34. The Balaban J connectivity index is 2.17. The van der Waals surface area contributed by atoms with E-state index in [1.807, 2.05) is 0 Å². The van der Waals surface area contributed by atoms with Gasteiger partial charge in [0.2, 0.25) is 0 Å². The molecule has 1 amide bonds. The average molecular weight is 457 g/mol. The largest absolute Gasteiger partial charge is 0.486 e. The molecule has 166 valence electrons. The summed E-state index contributed by atoms with van der Waals surface area (Å²) in [6.45, 7) is -0.478. The van der Waals surface area contributed by atoms with Crippen molar-refractivity contribution in [3.8, 4) is 5.75 Å². The van der Waals surface area contributed by atoms with Crippen molar-refractivity contribution < 1.29 is 31.8 Å². The van der Waals surface area contributed by atoms with E-state index >= 15 is 0 Å². The van der Waals surface area contributed by atoms with Crippen molar-refractivity contribution in [2.24, 2.45) is 5.11 Å². The fraction of sp³-hybridized carbons (Fsp3) is 0.375. The normalized spacial score (nSPS) is 18.2. The molecule has 0 saturated heterocycles. The number of halogens is 2. The van der Waals surface area contributed by atoms with Gasteiger partial charge in [-0.05, 0) is 37.6 Å². The molecular formula is C16H17F2N7O5S. The van der Waals surface area contributed by atoms with Crippen LogP contribution in [0, 0.1) is 6.92 Å². The number of hydrogen-bond donors (Lipinski definition) is 2. The zero-order valence-corrected chi connectivity index (χ0v) is 17.0. The standard InChI is InChI=1S/C16H17F2N7O5S/c1-8-14(7-24(22-8)15(17)18)31(28,29)25-9(2)13(6-20-23-19)30-12-4-3-10(5-11(12)25)21-16(26)27/h3-5,7,9,13,15,21H,6H2,1-2H3,(H,26,27)/t9-,13+/m1/s1. The number of aryl methyl sites for hydroxylation is 1. The lowest BCUT2D eigenvalue weighted by Crippen LogP contribution is -2.52. The summed E-state index contributed by atoms with van der Waals surface area (Å²) in [6, 6.07) is 3.03. The zero-order chi connectivity index (χ0) is 22.9. The quantitative estimate of drug-likeness (QED) is 0.384. The zero-order valence-electron chi connectivity index (χ0n) is 16.2. The lowest BCUT2D eigenvalue weighted by Gasteiger charge is -2.40. The Bertz CT molecular complexity index is 1160. The van der Waals surface area contributed by atoms with Gasteiger partial charge >= 0.3 is 12.6 Å². The Morgan fingerprint density at radius 3 is 2.77 bits per heavy atom. The van der Waals surface area contributed by atoms with E-state index in [4.69, 9.17) is 15.4 Å². The predicted octanol–water partition coefficient (Wildman–Crippen LogP) is 3.33. The summed E-state index contributed by atoms with van der Waals surface area (Å²) < 4.78 is 60.0. The van der Waals surface area contributed by atoms with E-state index in [2.05, 4.69) is 20.4 Å². The molecule has 2 atom stereocenters. The van der Waals surface area contributed by atoms with Gasteiger partial charge in [0, 0.05) is 10.6 Å². The number of nitrogens with one attached hydrogen (secondary N) is 1. The molecule has 1 aromatic carbocycles. The number of sulfonamides is 1. The third-order valence-electron chi connectivity index (χ3n) is 4.57. The van der Waals surface area contributed by atoms with Gasteiger partial charge in [0.05, 0.1) is 30.2 Å². The van der Waals surface area contributed by atoms with Gasteiger partial charge in [-0.25, -0.2) is 17.9 Å². The molecule has 1 aliphatic heterocycles. The van der Waals surface area contributed by atoms with Crippen LogP contribution in [0.3, 0.4) is 0 Å². The molecule has 3 rings (SSSR count). The molecule has 1 aliphatic rings. The number of fused-ring (bicyclic) bond motifs is 1. The van der Waals surface area contributed by atoms with Crippen molar-refractivity contribution >= 4 is 27.5 Å². The molecule has 0 saturated carbocycles. The molecule has 15 heteroatoms. The number of ether oxygens (including phenoxy) is 1. The highest BCUT2D eigenvalue weighted by Gasteiger charge is 2.41. The Morgan fingerprint density at radius 2 is 2.19 bits per heavy atom. The summed E-state index contributed by atoms with van der Waals surface area (Å²) >= 11 is 0. The van der Waals surface area contributed by atoms with Crippen molar-refractivity contribution in [2.75, 3.05) is 16.2 Å². The summed E-state index contributed by atoms with van der Waals surface area (Å²) in [7, 11) is -4.44. The van der Waals surface area contributed by atoms with Crippen LogP contribution in [-0.4, -0.2) is 48.1 Å². The predicted molar refractivity (Wildman–Crippen MR) is 104 cm³/mol. The summed E-state index contributed by atoms with van der Waals surface area (Å²) in [5.41, 5.74) is 8.52. The van der Waals surface area contributed by atoms with Crippen molar-refractivity contribution in [1.82, 2.24) is 9.78 Å². The number of hydrogen-bond acceptors (Lipinski definition) is 6. The minimum Gasteiger partial charge on any atom is -0.486 e. The fourth-order valence-corrected chi connectivity index (χ4v) is 5.04. The summed E-state index contributed by atoms with van der Waals surface area (Å²) in [6.07, 6.45) is -1.53. The molecule has 2 heterocycles. The number of benzene rings is 1. The topological polar surface area (TPSA) is 163 Å². The van der Waals surface area contributed by atoms with E-state index in [0.29, 0.717) is 0 Å². The average Bonchev–Trinajstić information content (AvgIpc) is 3.08. The van der Waals surface area contributed by atoms with Gasteiger partial charge in [0.1, 0.15) is 16.7 Å². The fourth-order valence-electron chi connectivity index (χ4n) is 3.20. The van der Waals surface area contributed by atoms with Crippen LogP contribution in [0.25, 0.3) is 10.4 Å². The van der Waals surface area contributed by atoms with E-state index in [1.165, 1.54) is 32.0 Å². The van der Waals surface area contributed by atoms with Gasteiger partial charge < -0.3 is 9.84 Å². The number of azide groups is 1. The Morgan fingerprint density at radius 1 is 1.48 bits per heavy atom. The summed E-state index contributed by atoms with van der Waals surface area (Å²) in [5, 5.41) is 18.1. The molecule has 0 bridgehead atoms. The van der Waals surface area contributed by atoms with Gasteiger partial charge in [-0.2, -0.15) is 13.9 Å². The van der Waals surface area contributed by atoms with Crippen LogP contribution < -0.4 is 14.4 Å². The van der Waals surface area contributed by atoms with Crippen LogP contribution >= 0.6 is 0 Å². The number of alkyl halides is 2. The first kappa shape index (κ1) is 22.1. The minimum absolute atomic E-state index is 0.0138. The monoisotopic (exact) mass is 457 g/mol. The van der Waals surface area contributed by atoms with E-state index in [-0.39, 0.29) is 34.0 Å².